The second kappa shape index (κ2) is 8.51. The number of piperidine rings is 1. The largest absolute Gasteiger partial charge is 0.491 e. The summed E-state index contributed by atoms with van der Waals surface area (Å²) in [5.74, 6) is 0.547. The minimum absolute atomic E-state index is 0.0136. The Balaban J connectivity index is 2.07. The Morgan fingerprint density at radius 3 is 2.50 bits per heavy atom. The van der Waals surface area contributed by atoms with Crippen LogP contribution in [-0.4, -0.2) is 46.9 Å². The molecule has 1 N–H and O–H groups in total. The van der Waals surface area contributed by atoms with E-state index in [2.05, 4.69) is 11.3 Å². The van der Waals surface area contributed by atoms with Crippen LogP contribution in [0.5, 0.6) is 5.75 Å². The molecule has 0 aliphatic carbocycles. The average Bonchev–Trinajstić information content (AvgIpc) is 2.60. The molecule has 1 fully saturated rings. The first-order valence-corrected chi connectivity index (χ1v) is 11.5. The highest BCUT2D eigenvalue weighted by atomic mass is 32.2. The Labute approximate surface area is 156 Å². The topological polar surface area (TPSA) is 92.8 Å². The highest BCUT2D eigenvalue weighted by Crippen LogP contribution is 2.25. The number of sulfonamides is 2. The fourth-order valence-electron chi connectivity index (χ4n) is 2.82. The zero-order chi connectivity index (χ0) is 19.4. The highest BCUT2D eigenvalue weighted by Gasteiger charge is 2.30. The molecule has 0 bridgehead atoms. The fourth-order valence-corrected chi connectivity index (χ4v) is 4.96. The maximum Gasteiger partial charge on any atom is 0.243 e. The lowest BCUT2D eigenvalue weighted by Gasteiger charge is -2.32. The van der Waals surface area contributed by atoms with Gasteiger partial charge in [-0.15, -0.1) is 0 Å². The molecule has 1 aliphatic heterocycles. The molecule has 1 aliphatic rings. The van der Waals surface area contributed by atoms with Crippen molar-refractivity contribution in [3.8, 4) is 5.75 Å². The Hall–Kier alpha value is -1.42. The lowest BCUT2D eigenvalue weighted by atomic mass is 10.0. The lowest BCUT2D eigenvalue weighted by molar-refractivity contribution is 0.242. The van der Waals surface area contributed by atoms with E-state index in [9.17, 15) is 16.8 Å². The standard InChI is InChI=1S/C17H26N2O5S2/c1-4-25(20,21)18-12-15-6-5-11-19(13-15)26(22,23)17-9-7-16(8-10-17)24-14(2)3/h4,7-10,14-15,18H,1,5-6,11-13H2,2-3H3. The zero-order valence-corrected chi connectivity index (χ0v) is 16.7. The summed E-state index contributed by atoms with van der Waals surface area (Å²) in [6.45, 7) is 7.96. The molecular formula is C17H26N2O5S2. The monoisotopic (exact) mass is 402 g/mol. The number of ether oxygens (including phenoxy) is 1. The summed E-state index contributed by atoms with van der Waals surface area (Å²) in [4.78, 5) is 0.209. The maximum atomic E-state index is 12.9. The summed E-state index contributed by atoms with van der Waals surface area (Å²) in [6, 6.07) is 6.37. The molecule has 7 nitrogen and oxygen atoms in total. The number of nitrogens with one attached hydrogen (secondary N) is 1. The van der Waals surface area contributed by atoms with E-state index in [0.717, 1.165) is 11.8 Å². The highest BCUT2D eigenvalue weighted by molar-refractivity contribution is 7.92. The van der Waals surface area contributed by atoms with Crippen LogP contribution in [0.25, 0.3) is 0 Å². The third kappa shape index (κ3) is 5.54. The predicted molar refractivity (Wildman–Crippen MR) is 101 cm³/mol. The van der Waals surface area contributed by atoms with E-state index in [0.29, 0.717) is 18.7 Å². The zero-order valence-electron chi connectivity index (χ0n) is 15.1. The summed E-state index contributed by atoms with van der Waals surface area (Å²) >= 11 is 0. The van der Waals surface area contributed by atoms with Gasteiger partial charge in [-0.1, -0.05) is 6.58 Å². The lowest BCUT2D eigenvalue weighted by Crippen LogP contribution is -2.43. The third-order valence-corrected chi connectivity index (χ3v) is 6.99. The Kier molecular flexibility index (Phi) is 6.84. The maximum absolute atomic E-state index is 12.9. The Morgan fingerprint density at radius 1 is 1.27 bits per heavy atom. The number of benzene rings is 1. The van der Waals surface area contributed by atoms with Gasteiger partial charge in [0.05, 0.1) is 11.0 Å². The van der Waals surface area contributed by atoms with Crippen LogP contribution in [0.2, 0.25) is 0 Å². The van der Waals surface area contributed by atoms with Crippen LogP contribution in [0.15, 0.2) is 41.1 Å². The van der Waals surface area contributed by atoms with E-state index in [1.165, 1.54) is 16.4 Å². The fraction of sp³-hybridized carbons (Fsp3) is 0.529. The van der Waals surface area contributed by atoms with Crippen LogP contribution >= 0.6 is 0 Å². The minimum Gasteiger partial charge on any atom is -0.491 e. The van der Waals surface area contributed by atoms with Crippen molar-refractivity contribution in [1.82, 2.24) is 9.03 Å². The van der Waals surface area contributed by atoms with Gasteiger partial charge in [-0.3, -0.25) is 0 Å². The van der Waals surface area contributed by atoms with Crippen LogP contribution < -0.4 is 9.46 Å². The summed E-state index contributed by atoms with van der Waals surface area (Å²) in [5.41, 5.74) is 0. The van der Waals surface area contributed by atoms with Gasteiger partial charge in [0, 0.05) is 25.0 Å². The molecule has 9 heteroatoms. The summed E-state index contributed by atoms with van der Waals surface area (Å²) in [7, 11) is -7.13. The van der Waals surface area contributed by atoms with Gasteiger partial charge >= 0.3 is 0 Å². The van der Waals surface area contributed by atoms with Gasteiger partial charge in [0.1, 0.15) is 5.75 Å². The van der Waals surface area contributed by atoms with Gasteiger partial charge in [0.15, 0.2) is 0 Å². The quantitative estimate of drug-likeness (QED) is 0.717. The van der Waals surface area contributed by atoms with Gasteiger partial charge < -0.3 is 4.74 Å². The van der Waals surface area contributed by atoms with Crippen LogP contribution in [0.1, 0.15) is 26.7 Å². The van der Waals surface area contributed by atoms with Gasteiger partial charge in [-0.2, -0.15) is 4.31 Å². The van der Waals surface area contributed by atoms with Gasteiger partial charge in [-0.25, -0.2) is 21.6 Å². The number of hydrogen-bond donors (Lipinski definition) is 1. The van der Waals surface area contributed by atoms with Gasteiger partial charge in [-0.05, 0) is 56.9 Å². The van der Waals surface area contributed by atoms with E-state index in [1.807, 2.05) is 13.8 Å². The van der Waals surface area contributed by atoms with Crippen molar-refractivity contribution in [1.29, 1.82) is 0 Å². The molecule has 0 amide bonds. The van der Waals surface area contributed by atoms with Crippen molar-refractivity contribution in [2.45, 2.75) is 37.7 Å². The molecule has 26 heavy (non-hydrogen) atoms. The van der Waals surface area contributed by atoms with E-state index in [-0.39, 0.29) is 30.0 Å². The molecule has 0 saturated carbocycles. The SMILES string of the molecule is C=CS(=O)(=O)NCC1CCCN(S(=O)(=O)c2ccc(OC(C)C)cc2)C1. The number of hydrogen-bond acceptors (Lipinski definition) is 5. The molecule has 146 valence electrons. The molecule has 1 saturated heterocycles. The van der Waals surface area contributed by atoms with Crippen LogP contribution in [0, 0.1) is 5.92 Å². The Morgan fingerprint density at radius 2 is 1.92 bits per heavy atom. The van der Waals surface area contributed by atoms with Gasteiger partial charge in [0.25, 0.3) is 0 Å². The second-order valence-electron chi connectivity index (χ2n) is 6.57. The second-order valence-corrected chi connectivity index (χ2v) is 10.2. The number of rotatable bonds is 8. The molecule has 1 unspecified atom stereocenters. The molecule has 1 heterocycles. The van der Waals surface area contributed by atoms with E-state index in [1.54, 1.807) is 12.1 Å². The first-order valence-electron chi connectivity index (χ1n) is 8.53. The van der Waals surface area contributed by atoms with Crippen LogP contribution in [0.3, 0.4) is 0 Å². The molecule has 0 radical (unpaired) electrons. The Bertz CT molecular complexity index is 817. The minimum atomic E-state index is -3.62. The smallest absolute Gasteiger partial charge is 0.243 e. The first kappa shape index (κ1) is 20.9. The first-order chi connectivity index (χ1) is 12.1. The molecule has 0 spiro atoms. The van der Waals surface area contributed by atoms with Crippen LogP contribution in [-0.2, 0) is 20.0 Å². The number of nitrogens with zero attached hydrogens (tertiary/aromatic N) is 1. The van der Waals surface area contributed by atoms with Gasteiger partial charge in [0.2, 0.25) is 20.0 Å². The molecule has 1 atom stereocenters. The third-order valence-electron chi connectivity index (χ3n) is 4.11. The molecule has 1 aromatic rings. The van der Waals surface area contributed by atoms with Crippen molar-refractivity contribution >= 4 is 20.0 Å². The van der Waals surface area contributed by atoms with E-state index in [4.69, 9.17) is 4.74 Å². The molecule has 2 rings (SSSR count). The normalized spacial score (nSPS) is 19.4. The summed E-state index contributed by atoms with van der Waals surface area (Å²) in [6.07, 6.45) is 1.47. The summed E-state index contributed by atoms with van der Waals surface area (Å²) < 4.78 is 58.0. The molecule has 0 aromatic heterocycles. The average molecular weight is 403 g/mol. The van der Waals surface area contributed by atoms with Crippen molar-refractivity contribution in [2.24, 2.45) is 5.92 Å². The van der Waals surface area contributed by atoms with Crippen molar-refractivity contribution in [2.75, 3.05) is 19.6 Å². The molecule has 1 aromatic carbocycles. The summed E-state index contributed by atoms with van der Waals surface area (Å²) in [5, 5.41) is 0.852. The van der Waals surface area contributed by atoms with Crippen molar-refractivity contribution in [3.05, 3.63) is 36.3 Å². The van der Waals surface area contributed by atoms with E-state index < -0.39 is 20.0 Å². The molecular weight excluding hydrogens is 376 g/mol. The van der Waals surface area contributed by atoms with E-state index >= 15 is 0 Å². The van der Waals surface area contributed by atoms with Crippen LogP contribution in [0.4, 0.5) is 0 Å². The van der Waals surface area contributed by atoms with Crippen molar-refractivity contribution < 1.29 is 21.6 Å². The predicted octanol–water partition coefficient (Wildman–Crippen LogP) is 1.94. The van der Waals surface area contributed by atoms with Crippen molar-refractivity contribution in [3.63, 3.8) is 0 Å².